The number of anilines is 1. The van der Waals surface area contributed by atoms with Gasteiger partial charge in [0.25, 0.3) is 0 Å². The van der Waals surface area contributed by atoms with Gasteiger partial charge in [-0.05, 0) is 24.6 Å². The highest BCUT2D eigenvalue weighted by molar-refractivity contribution is 6.31. The summed E-state index contributed by atoms with van der Waals surface area (Å²) in [7, 11) is 0. The Hall–Kier alpha value is -2.04. The van der Waals surface area contributed by atoms with Crippen molar-refractivity contribution in [1.82, 2.24) is 10.0 Å². The molecule has 2 aromatic carbocycles. The lowest BCUT2D eigenvalue weighted by molar-refractivity contribution is 0.0728. The summed E-state index contributed by atoms with van der Waals surface area (Å²) >= 11 is 6.41. The van der Waals surface area contributed by atoms with E-state index in [2.05, 4.69) is 5.01 Å². The minimum absolute atomic E-state index is 0.0219. The number of hydrogen-bond acceptors (Lipinski definition) is 2. The van der Waals surface area contributed by atoms with E-state index < -0.39 is 0 Å². The van der Waals surface area contributed by atoms with Gasteiger partial charge in [-0.3, -0.25) is 9.91 Å². The largest absolute Gasteiger partial charge is 0.340 e. The van der Waals surface area contributed by atoms with Gasteiger partial charge in [0.1, 0.15) is 6.17 Å². The molecule has 2 aliphatic heterocycles. The number of amides is 2. The Morgan fingerprint density at radius 3 is 2.45 bits per heavy atom. The number of fused-ring (bicyclic) bond motifs is 1. The van der Waals surface area contributed by atoms with E-state index >= 15 is 0 Å². The van der Waals surface area contributed by atoms with Crippen LogP contribution in [-0.2, 0) is 0 Å². The van der Waals surface area contributed by atoms with Crippen molar-refractivity contribution in [3.05, 3.63) is 65.2 Å². The summed E-state index contributed by atoms with van der Waals surface area (Å²) in [6.07, 6.45) is 0.820. The molecule has 2 aliphatic rings. The third kappa shape index (κ3) is 1.99. The number of rotatable bonds is 2. The van der Waals surface area contributed by atoms with Crippen LogP contribution in [0.1, 0.15) is 18.2 Å². The SMILES string of the molecule is O=C1N(c2ccccc2)[C@@H](c2ccccc2Cl)N2CCCN12. The second-order valence-electron chi connectivity index (χ2n) is 5.52. The van der Waals surface area contributed by atoms with E-state index in [1.807, 2.05) is 64.5 Å². The number of carbonyl (C=O) groups excluding carboxylic acids is 1. The Morgan fingerprint density at radius 2 is 1.68 bits per heavy atom. The maximum atomic E-state index is 12.8. The first-order chi connectivity index (χ1) is 10.8. The van der Waals surface area contributed by atoms with Crippen molar-refractivity contribution in [2.24, 2.45) is 0 Å². The van der Waals surface area contributed by atoms with Gasteiger partial charge in [-0.2, -0.15) is 5.01 Å². The standard InChI is InChI=1S/C17H16ClN3O/c18-15-10-5-4-9-14(15)16-19-11-6-12-20(19)17(22)21(16)13-7-2-1-3-8-13/h1-5,7-10,16H,6,11-12H2/t16-/m0/s1. The van der Waals surface area contributed by atoms with Crippen LogP contribution in [0.5, 0.6) is 0 Å². The molecule has 5 heteroatoms. The normalized spacial score (nSPS) is 21.5. The van der Waals surface area contributed by atoms with Crippen molar-refractivity contribution in [2.75, 3.05) is 18.0 Å². The molecule has 0 unspecified atom stereocenters. The summed E-state index contributed by atoms with van der Waals surface area (Å²) < 4.78 is 0. The molecule has 2 fully saturated rings. The molecule has 0 aliphatic carbocycles. The fraction of sp³-hybridized carbons (Fsp3) is 0.235. The zero-order chi connectivity index (χ0) is 15.1. The maximum absolute atomic E-state index is 12.8. The third-order valence-corrected chi connectivity index (χ3v) is 4.58. The fourth-order valence-corrected chi connectivity index (χ4v) is 3.51. The Kier molecular flexibility index (Phi) is 3.28. The summed E-state index contributed by atoms with van der Waals surface area (Å²) in [5.74, 6) is 0. The highest BCUT2D eigenvalue weighted by Gasteiger charge is 2.48. The Morgan fingerprint density at radius 1 is 0.955 bits per heavy atom. The van der Waals surface area contributed by atoms with E-state index in [4.69, 9.17) is 11.6 Å². The monoisotopic (exact) mass is 313 g/mol. The molecule has 0 N–H and O–H groups in total. The van der Waals surface area contributed by atoms with Gasteiger partial charge < -0.3 is 0 Å². The molecule has 0 aromatic heterocycles. The van der Waals surface area contributed by atoms with E-state index in [0.717, 1.165) is 30.8 Å². The molecule has 1 atom stereocenters. The Balaban J connectivity index is 1.84. The van der Waals surface area contributed by atoms with Crippen LogP contribution in [0.4, 0.5) is 10.5 Å². The molecule has 2 amide bonds. The van der Waals surface area contributed by atoms with Crippen molar-refractivity contribution in [2.45, 2.75) is 12.6 Å². The minimum Gasteiger partial charge on any atom is -0.271 e. The molecule has 4 rings (SSSR count). The molecular weight excluding hydrogens is 298 g/mol. The van der Waals surface area contributed by atoms with Crippen LogP contribution in [-0.4, -0.2) is 29.1 Å². The first-order valence-corrected chi connectivity index (χ1v) is 7.82. The smallest absolute Gasteiger partial charge is 0.271 e. The van der Waals surface area contributed by atoms with Crippen LogP contribution in [0.3, 0.4) is 0 Å². The first-order valence-electron chi connectivity index (χ1n) is 7.44. The van der Waals surface area contributed by atoms with Gasteiger partial charge in [0.15, 0.2) is 0 Å². The van der Waals surface area contributed by atoms with E-state index in [1.165, 1.54) is 0 Å². The molecule has 0 spiro atoms. The second kappa shape index (κ2) is 5.30. The number of benzene rings is 2. The van der Waals surface area contributed by atoms with E-state index in [0.29, 0.717) is 5.02 Å². The minimum atomic E-state index is -0.175. The van der Waals surface area contributed by atoms with Crippen LogP contribution in [0, 0.1) is 0 Å². The number of hydrazine groups is 1. The van der Waals surface area contributed by atoms with E-state index in [9.17, 15) is 4.79 Å². The molecule has 0 saturated carbocycles. The van der Waals surface area contributed by atoms with Gasteiger partial charge >= 0.3 is 6.03 Å². The highest BCUT2D eigenvalue weighted by atomic mass is 35.5. The van der Waals surface area contributed by atoms with Crippen LogP contribution < -0.4 is 4.90 Å². The number of hydrogen-bond donors (Lipinski definition) is 0. The molecule has 2 aromatic rings. The zero-order valence-electron chi connectivity index (χ0n) is 12.0. The van der Waals surface area contributed by atoms with Gasteiger partial charge in [-0.15, -0.1) is 0 Å². The summed E-state index contributed by atoms with van der Waals surface area (Å²) in [5.41, 5.74) is 1.86. The number of urea groups is 1. The summed E-state index contributed by atoms with van der Waals surface area (Å²) in [6, 6.07) is 17.6. The number of para-hydroxylation sites is 1. The molecule has 2 heterocycles. The van der Waals surface area contributed by atoms with Gasteiger partial charge in [0.05, 0.1) is 0 Å². The molecule has 2 saturated heterocycles. The average molecular weight is 314 g/mol. The molecule has 0 radical (unpaired) electrons. The van der Waals surface area contributed by atoms with Crippen molar-refractivity contribution in [3.63, 3.8) is 0 Å². The third-order valence-electron chi connectivity index (χ3n) is 4.24. The Bertz CT molecular complexity index is 706. The predicted octanol–water partition coefficient (Wildman–Crippen LogP) is 3.90. The molecule has 0 bridgehead atoms. The van der Waals surface area contributed by atoms with Gasteiger partial charge in [-0.25, -0.2) is 4.79 Å². The zero-order valence-corrected chi connectivity index (χ0v) is 12.8. The number of halogens is 1. The lowest BCUT2D eigenvalue weighted by atomic mass is 10.1. The van der Waals surface area contributed by atoms with Crippen LogP contribution in [0.15, 0.2) is 54.6 Å². The van der Waals surface area contributed by atoms with Crippen molar-refractivity contribution < 1.29 is 4.79 Å². The topological polar surface area (TPSA) is 26.8 Å². The van der Waals surface area contributed by atoms with E-state index in [-0.39, 0.29) is 12.2 Å². The fourth-order valence-electron chi connectivity index (χ4n) is 3.28. The Labute approximate surface area is 134 Å². The number of carbonyl (C=O) groups is 1. The average Bonchev–Trinajstić information content (AvgIpc) is 3.11. The van der Waals surface area contributed by atoms with Crippen LogP contribution in [0.25, 0.3) is 0 Å². The summed E-state index contributed by atoms with van der Waals surface area (Å²) in [6.45, 7) is 1.63. The summed E-state index contributed by atoms with van der Waals surface area (Å²) in [5, 5.41) is 4.65. The second-order valence-corrected chi connectivity index (χ2v) is 5.93. The lowest BCUT2D eigenvalue weighted by Crippen LogP contribution is -2.32. The van der Waals surface area contributed by atoms with Gasteiger partial charge in [0, 0.05) is 29.4 Å². The maximum Gasteiger partial charge on any atom is 0.340 e. The predicted molar refractivity (Wildman–Crippen MR) is 86.5 cm³/mol. The van der Waals surface area contributed by atoms with Crippen molar-refractivity contribution >= 4 is 23.3 Å². The van der Waals surface area contributed by atoms with Crippen molar-refractivity contribution in [1.29, 1.82) is 0 Å². The molecular formula is C17H16ClN3O. The van der Waals surface area contributed by atoms with Gasteiger partial charge in [-0.1, -0.05) is 48.0 Å². The highest BCUT2D eigenvalue weighted by Crippen LogP contribution is 2.42. The van der Waals surface area contributed by atoms with E-state index in [1.54, 1.807) is 0 Å². The van der Waals surface area contributed by atoms with Crippen molar-refractivity contribution in [3.8, 4) is 0 Å². The molecule has 112 valence electrons. The van der Waals surface area contributed by atoms with Crippen LogP contribution >= 0.6 is 11.6 Å². The lowest BCUT2D eigenvalue weighted by Gasteiger charge is -2.28. The summed E-state index contributed by atoms with van der Waals surface area (Å²) in [4.78, 5) is 14.7. The first kappa shape index (κ1) is 13.6. The van der Waals surface area contributed by atoms with Gasteiger partial charge in [0.2, 0.25) is 0 Å². The molecule has 4 nitrogen and oxygen atoms in total. The molecule has 22 heavy (non-hydrogen) atoms. The number of nitrogens with zero attached hydrogens (tertiary/aromatic N) is 3. The van der Waals surface area contributed by atoms with Crippen LogP contribution in [0.2, 0.25) is 5.02 Å². The quantitative estimate of drug-likeness (QED) is 0.840.